The third-order valence-corrected chi connectivity index (χ3v) is 4.78. The van der Waals surface area contributed by atoms with Crippen molar-refractivity contribution >= 4 is 29.0 Å². The lowest BCUT2D eigenvalue weighted by Crippen LogP contribution is -2.10. The van der Waals surface area contributed by atoms with E-state index in [1.807, 2.05) is 55.5 Å². The van der Waals surface area contributed by atoms with Gasteiger partial charge in [-0.05, 0) is 54.4 Å². The molecule has 0 saturated carbocycles. The van der Waals surface area contributed by atoms with E-state index in [4.69, 9.17) is 9.47 Å². The molecule has 0 radical (unpaired) electrons. The van der Waals surface area contributed by atoms with Gasteiger partial charge >= 0.3 is 11.9 Å². The highest BCUT2D eigenvalue weighted by Crippen LogP contribution is 2.34. The zero-order valence-electron chi connectivity index (χ0n) is 18.0. The van der Waals surface area contributed by atoms with Crippen LogP contribution in [0.25, 0.3) is 0 Å². The van der Waals surface area contributed by atoms with Gasteiger partial charge < -0.3 is 14.4 Å². The average molecular weight is 428 g/mol. The van der Waals surface area contributed by atoms with Crippen LogP contribution in [0.3, 0.4) is 0 Å². The third kappa shape index (κ3) is 5.95. The molecule has 0 heterocycles. The largest absolute Gasteiger partial charge is 0.458 e. The monoisotopic (exact) mass is 427 g/mol. The maximum absolute atomic E-state index is 11.3. The Morgan fingerprint density at radius 3 is 1.38 bits per heavy atom. The van der Waals surface area contributed by atoms with E-state index in [2.05, 4.69) is 42.3 Å². The molecule has 5 nitrogen and oxygen atoms in total. The first-order valence-corrected chi connectivity index (χ1v) is 10.1. The SMILES string of the molecule is C=CC(=O)OCc1ccc(N(c2ccc(C)cc2)c2ccc(COC(=O)C=C)cc2)cc1. The topological polar surface area (TPSA) is 55.8 Å². The minimum Gasteiger partial charge on any atom is -0.458 e. The van der Waals surface area contributed by atoms with Crippen molar-refractivity contribution in [3.05, 3.63) is 115 Å². The van der Waals surface area contributed by atoms with E-state index < -0.39 is 11.9 Å². The zero-order valence-corrected chi connectivity index (χ0v) is 18.0. The standard InChI is InChI=1S/C27H25NO4/c1-4-26(29)31-18-21-8-14-24(15-9-21)28(23-12-6-20(3)7-13-23)25-16-10-22(11-17-25)19-32-27(30)5-2/h4-17H,1-2,18-19H2,3H3. The van der Waals surface area contributed by atoms with E-state index >= 15 is 0 Å². The van der Waals surface area contributed by atoms with E-state index in [0.717, 1.165) is 40.3 Å². The van der Waals surface area contributed by atoms with E-state index in [1.54, 1.807) is 0 Å². The summed E-state index contributed by atoms with van der Waals surface area (Å²) < 4.78 is 10.2. The minimum absolute atomic E-state index is 0.188. The molecule has 0 aromatic heterocycles. The highest BCUT2D eigenvalue weighted by Gasteiger charge is 2.13. The fourth-order valence-corrected chi connectivity index (χ4v) is 3.05. The number of hydrogen-bond acceptors (Lipinski definition) is 5. The van der Waals surface area contributed by atoms with Crippen LogP contribution in [-0.2, 0) is 32.3 Å². The van der Waals surface area contributed by atoms with Crippen LogP contribution in [0.15, 0.2) is 98.1 Å². The zero-order chi connectivity index (χ0) is 22.9. The maximum Gasteiger partial charge on any atom is 0.330 e. The van der Waals surface area contributed by atoms with Gasteiger partial charge in [0, 0.05) is 29.2 Å². The van der Waals surface area contributed by atoms with Crippen LogP contribution in [0.2, 0.25) is 0 Å². The Balaban J connectivity index is 1.87. The third-order valence-electron chi connectivity index (χ3n) is 4.78. The Hall–Kier alpha value is -4.12. The van der Waals surface area contributed by atoms with E-state index in [0.29, 0.717) is 0 Å². The summed E-state index contributed by atoms with van der Waals surface area (Å²) in [5.41, 5.74) is 5.86. The number of hydrogen-bond donors (Lipinski definition) is 0. The lowest BCUT2D eigenvalue weighted by atomic mass is 10.1. The van der Waals surface area contributed by atoms with Gasteiger partial charge in [-0.25, -0.2) is 9.59 Å². The molecule has 3 rings (SSSR count). The van der Waals surface area contributed by atoms with Gasteiger partial charge in [-0.2, -0.15) is 0 Å². The smallest absolute Gasteiger partial charge is 0.330 e. The molecule has 3 aromatic carbocycles. The number of esters is 2. The molecule has 0 N–H and O–H groups in total. The summed E-state index contributed by atoms with van der Waals surface area (Å²) in [7, 11) is 0. The molecule has 0 atom stereocenters. The van der Waals surface area contributed by atoms with Crippen molar-refractivity contribution in [3.63, 3.8) is 0 Å². The number of anilines is 3. The molecule has 5 heteroatoms. The highest BCUT2D eigenvalue weighted by molar-refractivity contribution is 5.81. The average Bonchev–Trinajstić information content (AvgIpc) is 2.83. The van der Waals surface area contributed by atoms with Gasteiger partial charge in [-0.1, -0.05) is 55.1 Å². The lowest BCUT2D eigenvalue weighted by Gasteiger charge is -2.26. The first-order chi connectivity index (χ1) is 15.5. The molecule has 0 fully saturated rings. The van der Waals surface area contributed by atoms with Crippen molar-refractivity contribution in [2.75, 3.05) is 4.90 Å². The fraction of sp³-hybridized carbons (Fsp3) is 0.111. The Bertz CT molecular complexity index is 1020. The molecule has 0 aliphatic heterocycles. The van der Waals surface area contributed by atoms with Gasteiger partial charge in [0.2, 0.25) is 0 Å². The maximum atomic E-state index is 11.3. The molecule has 0 aliphatic rings. The molecule has 32 heavy (non-hydrogen) atoms. The van der Waals surface area contributed by atoms with Crippen molar-refractivity contribution < 1.29 is 19.1 Å². The first kappa shape index (κ1) is 22.6. The Kier molecular flexibility index (Phi) is 7.60. The molecule has 162 valence electrons. The molecular formula is C27H25NO4. The predicted molar refractivity (Wildman–Crippen MR) is 126 cm³/mol. The number of rotatable bonds is 9. The summed E-state index contributed by atoms with van der Waals surface area (Å²) >= 11 is 0. The van der Waals surface area contributed by atoms with E-state index in [9.17, 15) is 9.59 Å². The van der Waals surface area contributed by atoms with Crippen LogP contribution < -0.4 is 4.90 Å². The van der Waals surface area contributed by atoms with Crippen molar-refractivity contribution in [1.82, 2.24) is 0 Å². The number of benzene rings is 3. The number of ether oxygens (including phenoxy) is 2. The fourth-order valence-electron chi connectivity index (χ4n) is 3.05. The normalized spacial score (nSPS) is 10.2. The summed E-state index contributed by atoms with van der Waals surface area (Å²) in [5, 5.41) is 0. The Labute approximate surface area is 188 Å². The van der Waals surface area contributed by atoms with Crippen LogP contribution in [0.1, 0.15) is 16.7 Å². The van der Waals surface area contributed by atoms with E-state index in [-0.39, 0.29) is 13.2 Å². The Morgan fingerprint density at radius 1 is 0.688 bits per heavy atom. The highest BCUT2D eigenvalue weighted by atomic mass is 16.5. The Morgan fingerprint density at radius 2 is 1.03 bits per heavy atom. The van der Waals surface area contributed by atoms with Gasteiger partial charge in [0.15, 0.2) is 0 Å². The number of carbonyl (C=O) groups excluding carboxylic acids is 2. The van der Waals surface area contributed by atoms with Gasteiger partial charge in [0.1, 0.15) is 13.2 Å². The number of aryl methyl sites for hydroxylation is 1. The van der Waals surface area contributed by atoms with Gasteiger partial charge in [-0.15, -0.1) is 0 Å². The summed E-state index contributed by atoms with van der Waals surface area (Å²) in [5.74, 6) is -0.900. The molecule has 0 bridgehead atoms. The second-order valence-electron chi connectivity index (χ2n) is 7.13. The van der Waals surface area contributed by atoms with Crippen molar-refractivity contribution in [2.24, 2.45) is 0 Å². The van der Waals surface area contributed by atoms with Crippen molar-refractivity contribution in [2.45, 2.75) is 20.1 Å². The van der Waals surface area contributed by atoms with Crippen LogP contribution in [0, 0.1) is 6.92 Å². The quantitative estimate of drug-likeness (QED) is 0.313. The summed E-state index contributed by atoms with van der Waals surface area (Å²) in [6, 6.07) is 23.9. The molecule has 0 unspecified atom stereocenters. The van der Waals surface area contributed by atoms with Gasteiger partial charge in [-0.3, -0.25) is 0 Å². The van der Waals surface area contributed by atoms with Crippen LogP contribution in [0.4, 0.5) is 17.1 Å². The van der Waals surface area contributed by atoms with Crippen LogP contribution >= 0.6 is 0 Å². The molecule has 0 spiro atoms. The summed E-state index contributed by atoms with van der Waals surface area (Å²) in [6.45, 7) is 9.23. The predicted octanol–water partition coefficient (Wildman–Crippen LogP) is 5.92. The molecule has 0 aliphatic carbocycles. The second kappa shape index (κ2) is 10.8. The van der Waals surface area contributed by atoms with Crippen molar-refractivity contribution in [1.29, 1.82) is 0 Å². The summed E-state index contributed by atoms with van der Waals surface area (Å²) in [6.07, 6.45) is 2.30. The van der Waals surface area contributed by atoms with Crippen molar-refractivity contribution in [3.8, 4) is 0 Å². The van der Waals surface area contributed by atoms with E-state index in [1.165, 1.54) is 5.56 Å². The van der Waals surface area contributed by atoms with Crippen LogP contribution in [0.5, 0.6) is 0 Å². The number of carbonyl (C=O) groups is 2. The van der Waals surface area contributed by atoms with Crippen LogP contribution in [-0.4, -0.2) is 11.9 Å². The molecular weight excluding hydrogens is 402 g/mol. The first-order valence-electron chi connectivity index (χ1n) is 10.1. The summed E-state index contributed by atoms with van der Waals surface area (Å²) in [4.78, 5) is 24.7. The second-order valence-corrected chi connectivity index (χ2v) is 7.13. The van der Waals surface area contributed by atoms with Gasteiger partial charge in [0.25, 0.3) is 0 Å². The minimum atomic E-state index is -0.450. The lowest BCUT2D eigenvalue weighted by molar-refractivity contribution is -0.139. The molecule has 3 aromatic rings. The molecule has 0 amide bonds. The number of nitrogens with zero attached hydrogens (tertiary/aromatic N) is 1. The molecule has 0 saturated heterocycles. The van der Waals surface area contributed by atoms with Gasteiger partial charge in [0.05, 0.1) is 0 Å².